The van der Waals surface area contributed by atoms with Gasteiger partial charge in [-0.2, -0.15) is 5.26 Å². The van der Waals surface area contributed by atoms with Gasteiger partial charge in [-0.1, -0.05) is 88.9 Å². The highest BCUT2D eigenvalue weighted by Gasteiger charge is 2.13. The minimum atomic E-state index is -0.460. The van der Waals surface area contributed by atoms with Crippen LogP contribution in [0.2, 0.25) is 0 Å². The van der Waals surface area contributed by atoms with Crippen LogP contribution in [0.3, 0.4) is 0 Å². The molecule has 0 aromatic heterocycles. The highest BCUT2D eigenvalue weighted by atomic mass is 16.5. The van der Waals surface area contributed by atoms with Crippen molar-refractivity contribution in [3.8, 4) is 22.9 Å². The Hall–Kier alpha value is -3.38. The van der Waals surface area contributed by atoms with Crippen molar-refractivity contribution in [3.63, 3.8) is 0 Å². The summed E-state index contributed by atoms with van der Waals surface area (Å²) < 4.78 is 5.54. The molecule has 0 heterocycles. The summed E-state index contributed by atoms with van der Waals surface area (Å²) in [7, 11) is 0. The zero-order valence-electron chi connectivity index (χ0n) is 20.6. The largest absolute Gasteiger partial charge is 0.422 e. The SMILES string of the molecule is CCCCCCCc1ccc(-c2ccc(C(=O)Oc3ccc(CC(C)C)cc3C#N)cc2)cc1. The van der Waals surface area contributed by atoms with Gasteiger partial charge >= 0.3 is 5.97 Å². The molecule has 3 heteroatoms. The molecule has 0 N–H and O–H groups in total. The molecule has 0 radical (unpaired) electrons. The highest BCUT2D eigenvalue weighted by Crippen LogP contribution is 2.24. The maximum atomic E-state index is 12.7. The molecule has 0 saturated heterocycles. The summed E-state index contributed by atoms with van der Waals surface area (Å²) in [4.78, 5) is 12.7. The summed E-state index contributed by atoms with van der Waals surface area (Å²) in [6.45, 7) is 6.51. The first-order chi connectivity index (χ1) is 16.5. The van der Waals surface area contributed by atoms with Crippen LogP contribution in [-0.4, -0.2) is 5.97 Å². The van der Waals surface area contributed by atoms with Crippen LogP contribution in [0, 0.1) is 17.2 Å². The van der Waals surface area contributed by atoms with Gasteiger partial charge in [0.25, 0.3) is 0 Å². The number of esters is 1. The van der Waals surface area contributed by atoms with Gasteiger partial charge in [0, 0.05) is 0 Å². The number of ether oxygens (including phenoxy) is 1. The predicted octanol–water partition coefficient (Wildman–Crippen LogP) is 8.16. The van der Waals surface area contributed by atoms with E-state index in [1.807, 2.05) is 18.2 Å². The number of carbonyl (C=O) groups excluding carboxylic acids is 1. The number of nitrogens with zero attached hydrogens (tertiary/aromatic N) is 1. The molecule has 0 fully saturated rings. The highest BCUT2D eigenvalue weighted by molar-refractivity contribution is 5.92. The van der Waals surface area contributed by atoms with Crippen molar-refractivity contribution in [1.82, 2.24) is 0 Å². The van der Waals surface area contributed by atoms with Gasteiger partial charge < -0.3 is 4.74 Å². The Bertz CT molecular complexity index is 1110. The summed E-state index contributed by atoms with van der Waals surface area (Å²) in [5, 5.41) is 9.48. The van der Waals surface area contributed by atoms with Crippen LogP contribution in [0.15, 0.2) is 66.7 Å². The van der Waals surface area contributed by atoms with Crippen molar-refractivity contribution in [2.75, 3.05) is 0 Å². The zero-order valence-corrected chi connectivity index (χ0v) is 20.6. The first-order valence-corrected chi connectivity index (χ1v) is 12.4. The molecule has 34 heavy (non-hydrogen) atoms. The lowest BCUT2D eigenvalue weighted by molar-refractivity contribution is 0.0734. The van der Waals surface area contributed by atoms with Gasteiger partial charge in [-0.25, -0.2) is 4.79 Å². The van der Waals surface area contributed by atoms with E-state index in [9.17, 15) is 10.1 Å². The first kappa shape index (κ1) is 25.2. The molecule has 0 aliphatic carbocycles. The molecule has 0 saturated carbocycles. The van der Waals surface area contributed by atoms with Crippen molar-refractivity contribution in [3.05, 3.63) is 89.0 Å². The minimum Gasteiger partial charge on any atom is -0.422 e. The van der Waals surface area contributed by atoms with E-state index in [2.05, 4.69) is 51.1 Å². The third-order valence-corrected chi connectivity index (χ3v) is 5.99. The molecule has 0 atom stereocenters. The summed E-state index contributed by atoms with van der Waals surface area (Å²) in [6.07, 6.45) is 8.46. The molecule has 3 rings (SSSR count). The summed E-state index contributed by atoms with van der Waals surface area (Å²) in [6, 6.07) is 23.7. The number of benzene rings is 3. The van der Waals surface area contributed by atoms with Gasteiger partial charge in [-0.3, -0.25) is 0 Å². The van der Waals surface area contributed by atoms with Crippen molar-refractivity contribution < 1.29 is 9.53 Å². The molecule has 0 aliphatic heterocycles. The quantitative estimate of drug-likeness (QED) is 0.167. The van der Waals surface area contributed by atoms with Gasteiger partial charge in [0.05, 0.1) is 11.1 Å². The van der Waals surface area contributed by atoms with E-state index in [0.29, 0.717) is 22.8 Å². The van der Waals surface area contributed by atoms with Crippen molar-refractivity contribution in [2.45, 2.75) is 65.7 Å². The van der Waals surface area contributed by atoms with E-state index in [-0.39, 0.29) is 0 Å². The topological polar surface area (TPSA) is 50.1 Å². The molecule has 0 aliphatic rings. The van der Waals surface area contributed by atoms with Gasteiger partial charge in [0.15, 0.2) is 0 Å². The Morgan fingerprint density at radius 2 is 1.47 bits per heavy atom. The molecule has 0 spiro atoms. The van der Waals surface area contributed by atoms with E-state index in [0.717, 1.165) is 29.5 Å². The molecular formula is C31H35NO2. The van der Waals surface area contributed by atoms with Crippen LogP contribution in [0.25, 0.3) is 11.1 Å². The van der Waals surface area contributed by atoms with E-state index in [4.69, 9.17) is 4.74 Å². The molecular weight excluding hydrogens is 418 g/mol. The smallest absolute Gasteiger partial charge is 0.343 e. The fraction of sp³-hybridized carbons (Fsp3) is 0.355. The standard InChI is InChI=1S/C31H35NO2/c1-4-5-6-7-8-9-24-10-13-26(14-11-24)27-15-17-28(18-16-27)31(33)34-30-19-12-25(20-23(2)3)21-29(30)22-32/h10-19,21,23H,4-9,20H2,1-3H3. The van der Waals surface area contributed by atoms with E-state index >= 15 is 0 Å². The lowest BCUT2D eigenvalue weighted by Crippen LogP contribution is -2.09. The number of hydrogen-bond donors (Lipinski definition) is 0. The molecule has 3 nitrogen and oxygen atoms in total. The zero-order chi connectivity index (χ0) is 24.3. The lowest BCUT2D eigenvalue weighted by Gasteiger charge is -2.10. The van der Waals surface area contributed by atoms with Crippen molar-refractivity contribution in [2.24, 2.45) is 5.92 Å². The number of hydrogen-bond acceptors (Lipinski definition) is 3. The number of unbranched alkanes of at least 4 members (excludes halogenated alkanes) is 4. The fourth-order valence-electron chi connectivity index (χ4n) is 4.11. The number of nitriles is 1. The van der Waals surface area contributed by atoms with Crippen LogP contribution >= 0.6 is 0 Å². The third-order valence-electron chi connectivity index (χ3n) is 5.99. The average molecular weight is 454 g/mol. The minimum absolute atomic E-state index is 0.300. The maximum Gasteiger partial charge on any atom is 0.343 e. The average Bonchev–Trinajstić information content (AvgIpc) is 2.85. The van der Waals surface area contributed by atoms with Crippen LogP contribution in [0.5, 0.6) is 5.75 Å². The summed E-state index contributed by atoms with van der Waals surface area (Å²) in [5.74, 6) is 0.331. The Morgan fingerprint density at radius 1 is 0.853 bits per heavy atom. The van der Waals surface area contributed by atoms with Crippen molar-refractivity contribution in [1.29, 1.82) is 5.26 Å². The number of aryl methyl sites for hydroxylation is 1. The van der Waals surface area contributed by atoms with Gasteiger partial charge in [-0.15, -0.1) is 0 Å². The van der Waals surface area contributed by atoms with E-state index in [1.165, 1.54) is 37.7 Å². The molecule has 3 aromatic carbocycles. The summed E-state index contributed by atoms with van der Waals surface area (Å²) >= 11 is 0. The number of rotatable bonds is 11. The van der Waals surface area contributed by atoms with Crippen LogP contribution in [-0.2, 0) is 12.8 Å². The Morgan fingerprint density at radius 3 is 2.09 bits per heavy atom. The van der Waals surface area contributed by atoms with Crippen molar-refractivity contribution >= 4 is 5.97 Å². The second-order valence-corrected chi connectivity index (χ2v) is 9.37. The predicted molar refractivity (Wildman–Crippen MR) is 139 cm³/mol. The van der Waals surface area contributed by atoms with Gasteiger partial charge in [0.2, 0.25) is 0 Å². The first-order valence-electron chi connectivity index (χ1n) is 12.4. The van der Waals surface area contributed by atoms with Gasteiger partial charge in [0.1, 0.15) is 11.8 Å². The molecule has 0 amide bonds. The molecule has 176 valence electrons. The van der Waals surface area contributed by atoms with Crippen LogP contribution in [0.1, 0.15) is 79.9 Å². The normalized spacial score (nSPS) is 10.8. The second kappa shape index (κ2) is 12.8. The molecule has 0 bridgehead atoms. The molecule has 3 aromatic rings. The molecule has 0 unspecified atom stereocenters. The van der Waals surface area contributed by atoms with E-state index in [1.54, 1.807) is 24.3 Å². The van der Waals surface area contributed by atoms with Gasteiger partial charge in [-0.05, 0) is 71.7 Å². The lowest BCUT2D eigenvalue weighted by atomic mass is 10.00. The second-order valence-electron chi connectivity index (χ2n) is 9.37. The third kappa shape index (κ3) is 7.32. The van der Waals surface area contributed by atoms with Crippen LogP contribution < -0.4 is 4.74 Å². The Balaban J connectivity index is 1.61. The van der Waals surface area contributed by atoms with E-state index < -0.39 is 5.97 Å². The van der Waals surface area contributed by atoms with Crippen LogP contribution in [0.4, 0.5) is 0 Å². The Kier molecular flexibility index (Phi) is 9.47. The monoisotopic (exact) mass is 453 g/mol. The number of carbonyl (C=O) groups is 1. The maximum absolute atomic E-state index is 12.7. The summed E-state index contributed by atoms with van der Waals surface area (Å²) in [5.41, 5.74) is 5.46. The Labute approximate surface area is 204 Å². The fourth-order valence-corrected chi connectivity index (χ4v) is 4.11.